The van der Waals surface area contributed by atoms with E-state index in [0.29, 0.717) is 27.2 Å². The maximum atomic E-state index is 13.8. The average Bonchev–Trinajstić information content (AvgIpc) is 2.31. The first-order valence-electron chi connectivity index (χ1n) is 6.17. The van der Waals surface area contributed by atoms with E-state index in [9.17, 15) is 9.18 Å². The first kappa shape index (κ1) is 14.7. The topological polar surface area (TPSA) is 57.8 Å². The highest BCUT2D eigenvalue weighted by Gasteiger charge is 2.16. The Morgan fingerprint density at radius 1 is 1.40 bits per heavy atom. The lowest BCUT2D eigenvalue weighted by Crippen LogP contribution is -2.23. The highest BCUT2D eigenvalue weighted by atomic mass is 79.9. The Balaban J connectivity index is 2.33. The average molecular weight is 340 g/mol. The molecule has 2 N–H and O–H groups in total. The third-order valence-electron chi connectivity index (χ3n) is 3.00. The lowest BCUT2D eigenvalue weighted by atomic mass is 10.1. The van der Waals surface area contributed by atoms with Crippen LogP contribution in [0.5, 0.6) is 0 Å². The van der Waals surface area contributed by atoms with Crippen molar-refractivity contribution in [2.24, 2.45) is 0 Å². The summed E-state index contributed by atoms with van der Waals surface area (Å²) in [6.45, 7) is 5.30. The van der Waals surface area contributed by atoms with Gasteiger partial charge >= 0.3 is 0 Å². The van der Waals surface area contributed by atoms with Crippen LogP contribution in [0.3, 0.4) is 0 Å². The van der Waals surface area contributed by atoms with Gasteiger partial charge in [0.2, 0.25) is 0 Å². The lowest BCUT2D eigenvalue weighted by Gasteiger charge is -2.17. The molecule has 0 fully saturated rings. The van der Waals surface area contributed by atoms with E-state index in [2.05, 4.69) is 31.2 Å². The Morgan fingerprint density at radius 2 is 2.10 bits per heavy atom. The van der Waals surface area contributed by atoms with Crippen molar-refractivity contribution in [2.75, 3.05) is 5.32 Å². The van der Waals surface area contributed by atoms with Crippen molar-refractivity contribution >= 4 is 21.6 Å². The van der Waals surface area contributed by atoms with E-state index >= 15 is 0 Å². The Morgan fingerprint density at radius 3 is 2.70 bits per heavy atom. The second-order valence-electron chi connectivity index (χ2n) is 4.64. The molecular weight excluding hydrogens is 325 g/mol. The molecule has 0 saturated heterocycles. The molecule has 0 aliphatic carbocycles. The number of aromatic nitrogens is 2. The molecule has 1 aromatic heterocycles. The SMILES string of the molecule is Cc1nc(C)c(C(C)Nc2ccc(Br)cc2F)c(=O)[nH]1. The summed E-state index contributed by atoms with van der Waals surface area (Å²) in [7, 11) is 0. The number of aryl methyl sites for hydroxylation is 2. The molecule has 20 heavy (non-hydrogen) atoms. The molecule has 0 saturated carbocycles. The van der Waals surface area contributed by atoms with Crippen molar-refractivity contribution in [3.63, 3.8) is 0 Å². The molecule has 2 aromatic rings. The van der Waals surface area contributed by atoms with Crippen molar-refractivity contribution in [3.05, 3.63) is 55.9 Å². The van der Waals surface area contributed by atoms with Gasteiger partial charge in [-0.1, -0.05) is 15.9 Å². The lowest BCUT2D eigenvalue weighted by molar-refractivity contribution is 0.626. The van der Waals surface area contributed by atoms with Crippen LogP contribution in [0.4, 0.5) is 10.1 Å². The first-order chi connectivity index (χ1) is 9.38. The monoisotopic (exact) mass is 339 g/mol. The molecule has 6 heteroatoms. The molecule has 1 aromatic carbocycles. The van der Waals surface area contributed by atoms with Gasteiger partial charge in [-0.3, -0.25) is 4.79 Å². The minimum absolute atomic E-state index is 0.201. The van der Waals surface area contributed by atoms with Gasteiger partial charge in [-0.2, -0.15) is 0 Å². The van der Waals surface area contributed by atoms with E-state index in [-0.39, 0.29) is 17.4 Å². The fourth-order valence-electron chi connectivity index (χ4n) is 2.16. The normalized spacial score (nSPS) is 12.2. The number of H-pyrrole nitrogens is 1. The van der Waals surface area contributed by atoms with Crippen LogP contribution >= 0.6 is 15.9 Å². The van der Waals surface area contributed by atoms with Gasteiger partial charge in [-0.05, 0) is 39.0 Å². The molecule has 0 bridgehead atoms. The van der Waals surface area contributed by atoms with Crippen molar-refractivity contribution in [2.45, 2.75) is 26.8 Å². The van der Waals surface area contributed by atoms with Crippen molar-refractivity contribution < 1.29 is 4.39 Å². The number of nitrogens with zero attached hydrogens (tertiary/aromatic N) is 1. The van der Waals surface area contributed by atoms with Crippen LogP contribution in [0.15, 0.2) is 27.5 Å². The second-order valence-corrected chi connectivity index (χ2v) is 5.56. The molecule has 1 atom stereocenters. The highest BCUT2D eigenvalue weighted by molar-refractivity contribution is 9.10. The zero-order valence-electron chi connectivity index (χ0n) is 11.4. The van der Waals surface area contributed by atoms with E-state index in [1.165, 1.54) is 6.07 Å². The van der Waals surface area contributed by atoms with Gasteiger partial charge in [0.25, 0.3) is 5.56 Å². The molecule has 0 radical (unpaired) electrons. The molecule has 0 aliphatic rings. The Kier molecular flexibility index (Phi) is 4.23. The van der Waals surface area contributed by atoms with Gasteiger partial charge in [-0.25, -0.2) is 9.37 Å². The molecule has 1 heterocycles. The van der Waals surface area contributed by atoms with E-state index in [0.717, 1.165) is 0 Å². The second kappa shape index (κ2) is 5.75. The summed E-state index contributed by atoms with van der Waals surface area (Å²) in [5, 5.41) is 3.00. The number of rotatable bonds is 3. The summed E-state index contributed by atoms with van der Waals surface area (Å²) in [5.74, 6) is 0.193. The molecule has 0 amide bonds. The third kappa shape index (κ3) is 3.07. The number of aromatic amines is 1. The zero-order valence-corrected chi connectivity index (χ0v) is 13.0. The maximum Gasteiger partial charge on any atom is 0.256 e. The Labute approximate surface area is 124 Å². The zero-order chi connectivity index (χ0) is 14.9. The predicted octanol–water partition coefficient (Wildman–Crippen LogP) is 3.46. The molecule has 4 nitrogen and oxygen atoms in total. The number of halogens is 2. The Hall–Kier alpha value is -1.69. The standard InChI is InChI=1S/C14H15BrFN3O/c1-7-13(14(20)19-9(3)17-7)8(2)18-12-5-4-10(15)6-11(12)16/h4-6,8,18H,1-3H3,(H,17,19,20). The number of benzene rings is 1. The molecule has 2 rings (SSSR count). The number of hydrogen-bond acceptors (Lipinski definition) is 3. The first-order valence-corrected chi connectivity index (χ1v) is 6.97. The van der Waals surface area contributed by atoms with E-state index in [1.807, 2.05) is 0 Å². The molecule has 1 unspecified atom stereocenters. The fourth-order valence-corrected chi connectivity index (χ4v) is 2.49. The van der Waals surface area contributed by atoms with Gasteiger partial charge in [-0.15, -0.1) is 0 Å². The van der Waals surface area contributed by atoms with Crippen LogP contribution in [-0.4, -0.2) is 9.97 Å². The van der Waals surface area contributed by atoms with Gasteiger partial charge in [0, 0.05) is 4.47 Å². The number of hydrogen-bond donors (Lipinski definition) is 2. The van der Waals surface area contributed by atoms with Crippen molar-refractivity contribution in [1.29, 1.82) is 0 Å². The maximum absolute atomic E-state index is 13.8. The predicted molar refractivity (Wildman–Crippen MR) is 80.5 cm³/mol. The van der Waals surface area contributed by atoms with Gasteiger partial charge < -0.3 is 10.3 Å². The molecule has 106 valence electrons. The van der Waals surface area contributed by atoms with Crippen LogP contribution < -0.4 is 10.9 Å². The van der Waals surface area contributed by atoms with Gasteiger partial charge in [0.1, 0.15) is 11.6 Å². The van der Waals surface area contributed by atoms with Gasteiger partial charge in [0.15, 0.2) is 0 Å². The molecular formula is C14H15BrFN3O. The van der Waals surface area contributed by atoms with Crippen LogP contribution in [-0.2, 0) is 0 Å². The van der Waals surface area contributed by atoms with E-state index in [4.69, 9.17) is 0 Å². The van der Waals surface area contributed by atoms with Crippen LogP contribution in [0.2, 0.25) is 0 Å². The van der Waals surface area contributed by atoms with Crippen LogP contribution in [0.25, 0.3) is 0 Å². The summed E-state index contributed by atoms with van der Waals surface area (Å²) < 4.78 is 14.5. The minimum atomic E-state index is -0.375. The van der Waals surface area contributed by atoms with Gasteiger partial charge in [0.05, 0.1) is 23.0 Å². The summed E-state index contributed by atoms with van der Waals surface area (Å²) in [6.07, 6.45) is 0. The summed E-state index contributed by atoms with van der Waals surface area (Å²) in [6, 6.07) is 4.39. The van der Waals surface area contributed by atoms with Crippen LogP contribution in [0.1, 0.15) is 30.0 Å². The molecule has 0 aliphatic heterocycles. The smallest absolute Gasteiger partial charge is 0.256 e. The minimum Gasteiger partial charge on any atom is -0.376 e. The van der Waals surface area contributed by atoms with E-state index < -0.39 is 0 Å². The largest absolute Gasteiger partial charge is 0.376 e. The quantitative estimate of drug-likeness (QED) is 0.900. The number of nitrogens with one attached hydrogen (secondary N) is 2. The summed E-state index contributed by atoms with van der Waals surface area (Å²) >= 11 is 3.21. The fraction of sp³-hybridized carbons (Fsp3) is 0.286. The summed E-state index contributed by atoms with van der Waals surface area (Å²) in [5.41, 5.74) is 1.30. The Bertz CT molecular complexity index is 699. The molecule has 0 spiro atoms. The number of anilines is 1. The third-order valence-corrected chi connectivity index (χ3v) is 3.49. The van der Waals surface area contributed by atoms with Crippen molar-refractivity contribution in [1.82, 2.24) is 9.97 Å². The van der Waals surface area contributed by atoms with Crippen LogP contribution in [0, 0.1) is 19.7 Å². The summed E-state index contributed by atoms with van der Waals surface area (Å²) in [4.78, 5) is 18.9. The van der Waals surface area contributed by atoms with Crippen molar-refractivity contribution in [3.8, 4) is 0 Å². The van der Waals surface area contributed by atoms with E-state index in [1.54, 1.807) is 32.9 Å². The highest BCUT2D eigenvalue weighted by Crippen LogP contribution is 2.23.